The minimum Gasteiger partial charge on any atom is -0.364 e. The van der Waals surface area contributed by atoms with E-state index in [9.17, 15) is 4.79 Å². The normalized spacial score (nSPS) is 11.4. The molecule has 0 fully saturated rings. The van der Waals surface area contributed by atoms with Crippen LogP contribution >= 0.6 is 0 Å². The summed E-state index contributed by atoms with van der Waals surface area (Å²) in [4.78, 5) is 14.9. The van der Waals surface area contributed by atoms with Crippen molar-refractivity contribution in [3.05, 3.63) is 29.6 Å². The highest BCUT2D eigenvalue weighted by Gasteiger charge is 2.22. The smallest absolute Gasteiger partial charge is 0.267 e. The van der Waals surface area contributed by atoms with Crippen LogP contribution in [0.2, 0.25) is 0 Å². The SMILES string of the molecule is CCC(C)(CC)c1ccc(C(N)=O)nc1. The highest BCUT2D eigenvalue weighted by atomic mass is 16.1. The predicted molar refractivity (Wildman–Crippen MR) is 60.7 cm³/mol. The molecule has 3 heteroatoms. The summed E-state index contributed by atoms with van der Waals surface area (Å²) in [6, 6.07) is 3.64. The number of primary amides is 1. The zero-order chi connectivity index (χ0) is 11.5. The van der Waals surface area contributed by atoms with Gasteiger partial charge in [0.2, 0.25) is 0 Å². The van der Waals surface area contributed by atoms with Crippen molar-refractivity contribution < 1.29 is 4.79 Å². The molecule has 0 aliphatic carbocycles. The Bertz CT molecular complexity index is 339. The van der Waals surface area contributed by atoms with Gasteiger partial charge in [0.25, 0.3) is 5.91 Å². The summed E-state index contributed by atoms with van der Waals surface area (Å²) in [6.07, 6.45) is 3.87. The number of hydrogen-bond acceptors (Lipinski definition) is 2. The number of hydrogen-bond donors (Lipinski definition) is 1. The summed E-state index contributed by atoms with van der Waals surface area (Å²) in [5.41, 5.74) is 6.77. The third-order valence-electron chi connectivity index (χ3n) is 3.27. The molecule has 1 aromatic rings. The van der Waals surface area contributed by atoms with Crippen molar-refractivity contribution in [2.24, 2.45) is 5.73 Å². The minimum absolute atomic E-state index is 0.142. The molecule has 0 unspecified atom stereocenters. The average molecular weight is 206 g/mol. The van der Waals surface area contributed by atoms with Crippen LogP contribution < -0.4 is 5.73 Å². The Kier molecular flexibility index (Phi) is 3.45. The van der Waals surface area contributed by atoms with Gasteiger partial charge in [-0.05, 0) is 29.9 Å². The van der Waals surface area contributed by atoms with E-state index in [-0.39, 0.29) is 5.41 Å². The van der Waals surface area contributed by atoms with Gasteiger partial charge in [0, 0.05) is 6.20 Å². The molecule has 0 saturated carbocycles. The quantitative estimate of drug-likeness (QED) is 0.821. The van der Waals surface area contributed by atoms with Gasteiger partial charge >= 0.3 is 0 Å². The number of nitrogens with two attached hydrogens (primary N) is 1. The Labute approximate surface area is 90.7 Å². The van der Waals surface area contributed by atoms with Crippen molar-refractivity contribution in [1.82, 2.24) is 4.98 Å². The Hall–Kier alpha value is -1.38. The van der Waals surface area contributed by atoms with E-state index >= 15 is 0 Å². The van der Waals surface area contributed by atoms with Crippen LogP contribution in [0, 0.1) is 0 Å². The van der Waals surface area contributed by atoms with Crippen molar-refractivity contribution in [2.45, 2.75) is 39.0 Å². The van der Waals surface area contributed by atoms with Crippen LogP contribution in [0.4, 0.5) is 0 Å². The van der Waals surface area contributed by atoms with Crippen LogP contribution in [0.5, 0.6) is 0 Å². The van der Waals surface area contributed by atoms with Gasteiger partial charge in [0.1, 0.15) is 5.69 Å². The second-order valence-electron chi connectivity index (χ2n) is 4.06. The van der Waals surface area contributed by atoms with Crippen molar-refractivity contribution >= 4 is 5.91 Å². The number of amides is 1. The van der Waals surface area contributed by atoms with Crippen molar-refractivity contribution in [3.8, 4) is 0 Å². The number of rotatable bonds is 4. The van der Waals surface area contributed by atoms with Crippen LogP contribution in [0.15, 0.2) is 18.3 Å². The topological polar surface area (TPSA) is 56.0 Å². The lowest BCUT2D eigenvalue weighted by Gasteiger charge is -2.26. The Morgan fingerprint density at radius 2 is 2.00 bits per heavy atom. The van der Waals surface area contributed by atoms with Crippen molar-refractivity contribution in [1.29, 1.82) is 0 Å². The lowest BCUT2D eigenvalue weighted by atomic mass is 9.78. The second kappa shape index (κ2) is 4.43. The summed E-state index contributed by atoms with van der Waals surface area (Å²) in [5, 5.41) is 0. The monoisotopic (exact) mass is 206 g/mol. The standard InChI is InChI=1S/C12H18N2O/c1-4-12(3,5-2)9-6-7-10(11(13)15)14-8-9/h6-8H,4-5H2,1-3H3,(H2,13,15). The lowest BCUT2D eigenvalue weighted by Crippen LogP contribution is -2.21. The van der Waals surface area contributed by atoms with Crippen molar-refractivity contribution in [2.75, 3.05) is 0 Å². The summed E-state index contributed by atoms with van der Waals surface area (Å²) >= 11 is 0. The van der Waals surface area contributed by atoms with Gasteiger partial charge in [-0.3, -0.25) is 9.78 Å². The second-order valence-corrected chi connectivity index (χ2v) is 4.06. The Morgan fingerprint density at radius 3 is 2.33 bits per heavy atom. The van der Waals surface area contributed by atoms with Gasteiger partial charge in [0.15, 0.2) is 0 Å². The van der Waals surface area contributed by atoms with Crippen LogP contribution in [0.1, 0.15) is 49.7 Å². The van der Waals surface area contributed by atoms with E-state index in [2.05, 4.69) is 25.8 Å². The van der Waals surface area contributed by atoms with Gasteiger partial charge in [0.05, 0.1) is 0 Å². The number of carbonyl (C=O) groups is 1. The third-order valence-corrected chi connectivity index (χ3v) is 3.27. The first-order valence-corrected chi connectivity index (χ1v) is 5.30. The average Bonchev–Trinajstić information content (AvgIpc) is 2.28. The summed E-state index contributed by atoms with van der Waals surface area (Å²) in [7, 11) is 0. The van der Waals surface area contributed by atoms with Gasteiger partial charge in [-0.25, -0.2) is 0 Å². The van der Waals surface area contributed by atoms with E-state index in [1.807, 2.05) is 6.07 Å². The van der Waals surface area contributed by atoms with E-state index in [0.717, 1.165) is 18.4 Å². The van der Waals surface area contributed by atoms with E-state index in [4.69, 9.17) is 5.73 Å². The molecule has 0 aliphatic heterocycles. The maximum atomic E-state index is 10.9. The molecule has 2 N–H and O–H groups in total. The molecule has 82 valence electrons. The molecule has 1 heterocycles. The first kappa shape index (κ1) is 11.7. The molecular formula is C12H18N2O. The van der Waals surface area contributed by atoms with Crippen LogP contribution in [0.25, 0.3) is 0 Å². The third kappa shape index (κ3) is 2.35. The van der Waals surface area contributed by atoms with Crippen LogP contribution in [0.3, 0.4) is 0 Å². The van der Waals surface area contributed by atoms with E-state index in [0.29, 0.717) is 5.69 Å². The number of carbonyl (C=O) groups excluding carboxylic acids is 1. The number of nitrogens with zero attached hydrogens (tertiary/aromatic N) is 1. The molecule has 1 amide bonds. The minimum atomic E-state index is -0.476. The highest BCUT2D eigenvalue weighted by molar-refractivity contribution is 5.90. The molecule has 1 aromatic heterocycles. The molecular weight excluding hydrogens is 188 g/mol. The van der Waals surface area contributed by atoms with E-state index in [1.54, 1.807) is 12.3 Å². The number of aromatic nitrogens is 1. The summed E-state index contributed by atoms with van der Waals surface area (Å²) < 4.78 is 0. The molecule has 0 aliphatic rings. The molecule has 0 aromatic carbocycles. The van der Waals surface area contributed by atoms with Crippen LogP contribution in [-0.2, 0) is 5.41 Å². The summed E-state index contributed by atoms with van der Waals surface area (Å²) in [6.45, 7) is 6.52. The molecule has 1 rings (SSSR count). The molecule has 0 saturated heterocycles. The predicted octanol–water partition coefficient (Wildman–Crippen LogP) is 2.26. The van der Waals surface area contributed by atoms with Gasteiger partial charge in [-0.2, -0.15) is 0 Å². The first-order chi connectivity index (χ1) is 7.03. The lowest BCUT2D eigenvalue weighted by molar-refractivity contribution is 0.0995. The molecule has 0 radical (unpaired) electrons. The molecule has 15 heavy (non-hydrogen) atoms. The zero-order valence-electron chi connectivity index (χ0n) is 9.58. The van der Waals surface area contributed by atoms with Gasteiger partial charge < -0.3 is 5.73 Å². The number of pyridine rings is 1. The maximum Gasteiger partial charge on any atom is 0.267 e. The zero-order valence-corrected chi connectivity index (χ0v) is 9.58. The first-order valence-electron chi connectivity index (χ1n) is 5.30. The molecule has 0 bridgehead atoms. The highest BCUT2D eigenvalue weighted by Crippen LogP contribution is 2.30. The fourth-order valence-electron chi connectivity index (χ4n) is 1.55. The fourth-order valence-corrected chi connectivity index (χ4v) is 1.55. The largest absolute Gasteiger partial charge is 0.364 e. The Balaban J connectivity index is 3.02. The summed E-state index contributed by atoms with van der Waals surface area (Å²) in [5.74, 6) is -0.476. The van der Waals surface area contributed by atoms with E-state index in [1.165, 1.54) is 0 Å². The van der Waals surface area contributed by atoms with Crippen LogP contribution in [-0.4, -0.2) is 10.9 Å². The maximum absolute atomic E-state index is 10.9. The van der Waals surface area contributed by atoms with E-state index < -0.39 is 5.91 Å². The van der Waals surface area contributed by atoms with Crippen molar-refractivity contribution in [3.63, 3.8) is 0 Å². The van der Waals surface area contributed by atoms with Gasteiger partial charge in [-0.1, -0.05) is 26.8 Å². The Morgan fingerprint density at radius 1 is 1.40 bits per heavy atom. The van der Waals surface area contributed by atoms with Gasteiger partial charge in [-0.15, -0.1) is 0 Å². The fraction of sp³-hybridized carbons (Fsp3) is 0.500. The molecule has 0 spiro atoms. The molecule has 3 nitrogen and oxygen atoms in total. The molecule has 0 atom stereocenters.